The number of nitrogens with zero attached hydrogens (tertiary/aromatic N) is 1. The first-order valence-electron chi connectivity index (χ1n) is 7.16. The number of nitrogens with one attached hydrogen (secondary N) is 1. The van der Waals surface area contributed by atoms with Crippen molar-refractivity contribution in [1.82, 2.24) is 4.90 Å². The molecule has 20 heavy (non-hydrogen) atoms. The maximum atomic E-state index is 12.6. The van der Waals surface area contributed by atoms with Crippen LogP contribution in [0.5, 0.6) is 0 Å². The molecule has 0 radical (unpaired) electrons. The molecular formula is C15H19F3N2. The zero-order valence-corrected chi connectivity index (χ0v) is 11.3. The van der Waals surface area contributed by atoms with Crippen LogP contribution in [0.4, 0.5) is 18.9 Å². The fraction of sp³-hybridized carbons (Fsp3) is 0.600. The number of anilines is 1. The van der Waals surface area contributed by atoms with E-state index in [1.165, 1.54) is 11.3 Å². The lowest BCUT2D eigenvalue weighted by molar-refractivity contribution is -0.185. The highest BCUT2D eigenvalue weighted by molar-refractivity contribution is 5.56. The lowest BCUT2D eigenvalue weighted by Gasteiger charge is -2.34. The number of hydrogen-bond acceptors (Lipinski definition) is 2. The van der Waals surface area contributed by atoms with Gasteiger partial charge in [-0.1, -0.05) is 18.2 Å². The Kier molecular flexibility index (Phi) is 3.63. The molecule has 0 bridgehead atoms. The summed E-state index contributed by atoms with van der Waals surface area (Å²) < 4.78 is 37.9. The first-order valence-corrected chi connectivity index (χ1v) is 7.16. The SMILES string of the molecule is FC(F)(F)C1CCN(CC2Cc3ccccc3N2)CC1. The fourth-order valence-electron chi connectivity index (χ4n) is 3.24. The minimum atomic E-state index is -4.02. The van der Waals surface area contributed by atoms with Crippen molar-refractivity contribution in [1.29, 1.82) is 0 Å². The van der Waals surface area contributed by atoms with E-state index in [0.717, 1.165) is 13.0 Å². The van der Waals surface area contributed by atoms with Gasteiger partial charge < -0.3 is 10.2 Å². The quantitative estimate of drug-likeness (QED) is 0.896. The summed E-state index contributed by atoms with van der Waals surface area (Å²) in [7, 11) is 0. The van der Waals surface area contributed by atoms with Gasteiger partial charge in [0.05, 0.1) is 5.92 Å². The lowest BCUT2D eigenvalue weighted by atomic mass is 9.96. The number of benzene rings is 1. The normalized spacial score (nSPS) is 24.4. The summed E-state index contributed by atoms with van der Waals surface area (Å²) in [5, 5.41) is 3.46. The highest BCUT2D eigenvalue weighted by Gasteiger charge is 2.41. The number of rotatable bonds is 2. The van der Waals surface area contributed by atoms with E-state index in [2.05, 4.69) is 22.3 Å². The van der Waals surface area contributed by atoms with Gasteiger partial charge in [-0.05, 0) is 44.0 Å². The molecule has 0 saturated carbocycles. The fourth-order valence-corrected chi connectivity index (χ4v) is 3.24. The Labute approximate surface area is 117 Å². The molecule has 1 aromatic carbocycles. The van der Waals surface area contributed by atoms with E-state index < -0.39 is 12.1 Å². The van der Waals surface area contributed by atoms with Crippen LogP contribution in [0.1, 0.15) is 18.4 Å². The van der Waals surface area contributed by atoms with Gasteiger partial charge in [0, 0.05) is 18.3 Å². The second kappa shape index (κ2) is 5.28. The molecule has 2 nitrogen and oxygen atoms in total. The third kappa shape index (κ3) is 2.92. The molecule has 1 saturated heterocycles. The summed E-state index contributed by atoms with van der Waals surface area (Å²) in [6.45, 7) is 1.94. The number of para-hydroxylation sites is 1. The van der Waals surface area contributed by atoms with E-state index in [4.69, 9.17) is 0 Å². The zero-order valence-electron chi connectivity index (χ0n) is 11.3. The average Bonchev–Trinajstić information content (AvgIpc) is 2.80. The minimum absolute atomic E-state index is 0.239. The molecule has 0 aliphatic carbocycles. The Morgan fingerprint density at radius 3 is 2.50 bits per heavy atom. The second-order valence-corrected chi connectivity index (χ2v) is 5.82. The number of fused-ring (bicyclic) bond motifs is 1. The molecule has 2 aliphatic rings. The maximum absolute atomic E-state index is 12.6. The van der Waals surface area contributed by atoms with Gasteiger partial charge in [-0.25, -0.2) is 0 Å². The molecule has 1 fully saturated rings. The summed E-state index contributed by atoms with van der Waals surface area (Å²) in [5.74, 6) is -1.10. The summed E-state index contributed by atoms with van der Waals surface area (Å²) in [5.41, 5.74) is 2.48. The van der Waals surface area contributed by atoms with Gasteiger partial charge in [-0.2, -0.15) is 13.2 Å². The van der Waals surface area contributed by atoms with E-state index in [1.54, 1.807) is 0 Å². The Bertz CT molecular complexity index is 439. The molecule has 1 unspecified atom stereocenters. The first-order chi connectivity index (χ1) is 9.52. The van der Waals surface area contributed by atoms with Crippen LogP contribution in [0.15, 0.2) is 24.3 Å². The van der Waals surface area contributed by atoms with E-state index >= 15 is 0 Å². The lowest BCUT2D eigenvalue weighted by Crippen LogP contribution is -2.43. The van der Waals surface area contributed by atoms with E-state index in [1.807, 2.05) is 12.1 Å². The van der Waals surface area contributed by atoms with Crippen LogP contribution in [-0.2, 0) is 6.42 Å². The number of hydrogen-bond donors (Lipinski definition) is 1. The summed E-state index contributed by atoms with van der Waals surface area (Å²) >= 11 is 0. The van der Waals surface area contributed by atoms with Crippen molar-refractivity contribution in [2.24, 2.45) is 5.92 Å². The Hall–Kier alpha value is -1.23. The molecule has 2 aliphatic heterocycles. The molecule has 0 spiro atoms. The average molecular weight is 284 g/mol. The van der Waals surface area contributed by atoms with Crippen LogP contribution in [0.3, 0.4) is 0 Å². The van der Waals surface area contributed by atoms with Crippen LogP contribution in [0.2, 0.25) is 0 Å². The molecule has 2 heterocycles. The predicted molar refractivity (Wildman–Crippen MR) is 72.8 cm³/mol. The predicted octanol–water partition coefficient (Wildman–Crippen LogP) is 3.30. The highest BCUT2D eigenvalue weighted by atomic mass is 19.4. The minimum Gasteiger partial charge on any atom is -0.380 e. The second-order valence-electron chi connectivity index (χ2n) is 5.82. The van der Waals surface area contributed by atoms with Crippen LogP contribution in [-0.4, -0.2) is 36.8 Å². The smallest absolute Gasteiger partial charge is 0.380 e. The summed E-state index contributed by atoms with van der Waals surface area (Å²) in [6.07, 6.45) is -2.57. The number of halogens is 3. The zero-order chi connectivity index (χ0) is 14.2. The molecule has 5 heteroatoms. The van der Waals surface area contributed by atoms with Crippen LogP contribution in [0, 0.1) is 5.92 Å². The molecule has 1 aromatic rings. The Balaban J connectivity index is 1.50. The molecular weight excluding hydrogens is 265 g/mol. The molecule has 0 aromatic heterocycles. The van der Waals surface area contributed by atoms with Crippen molar-refractivity contribution in [3.63, 3.8) is 0 Å². The van der Waals surface area contributed by atoms with Crippen LogP contribution >= 0.6 is 0 Å². The standard InChI is InChI=1S/C15H19F3N2/c16-15(17,18)12-5-7-20(8-6-12)10-13-9-11-3-1-2-4-14(11)19-13/h1-4,12-13,19H,5-10H2. The third-order valence-corrected chi connectivity index (χ3v) is 4.37. The van der Waals surface area contributed by atoms with Crippen LogP contribution < -0.4 is 5.32 Å². The summed E-state index contributed by atoms with van der Waals surface area (Å²) in [6, 6.07) is 8.53. The molecule has 1 N–H and O–H groups in total. The number of piperidine rings is 1. The van der Waals surface area contributed by atoms with E-state index in [9.17, 15) is 13.2 Å². The number of likely N-dealkylation sites (tertiary alicyclic amines) is 1. The van der Waals surface area contributed by atoms with Gasteiger partial charge >= 0.3 is 6.18 Å². The first kappa shape index (κ1) is 13.7. The van der Waals surface area contributed by atoms with Gasteiger partial charge in [0.1, 0.15) is 0 Å². The Morgan fingerprint density at radius 2 is 1.85 bits per heavy atom. The van der Waals surface area contributed by atoms with Gasteiger partial charge in [-0.15, -0.1) is 0 Å². The molecule has 1 atom stereocenters. The monoisotopic (exact) mass is 284 g/mol. The van der Waals surface area contributed by atoms with Crippen molar-refractivity contribution in [3.8, 4) is 0 Å². The third-order valence-electron chi connectivity index (χ3n) is 4.37. The van der Waals surface area contributed by atoms with Gasteiger partial charge in [0.2, 0.25) is 0 Å². The molecule has 3 rings (SSSR count). The van der Waals surface area contributed by atoms with Crippen molar-refractivity contribution < 1.29 is 13.2 Å². The largest absolute Gasteiger partial charge is 0.391 e. The Morgan fingerprint density at radius 1 is 1.15 bits per heavy atom. The summed E-state index contributed by atoms with van der Waals surface area (Å²) in [4.78, 5) is 2.16. The van der Waals surface area contributed by atoms with Gasteiger partial charge in [0.25, 0.3) is 0 Å². The number of alkyl halides is 3. The maximum Gasteiger partial charge on any atom is 0.391 e. The van der Waals surface area contributed by atoms with Crippen molar-refractivity contribution in [3.05, 3.63) is 29.8 Å². The van der Waals surface area contributed by atoms with Crippen molar-refractivity contribution in [2.75, 3.05) is 25.0 Å². The van der Waals surface area contributed by atoms with Crippen molar-refractivity contribution >= 4 is 5.69 Å². The highest BCUT2D eigenvalue weighted by Crippen LogP contribution is 2.34. The van der Waals surface area contributed by atoms with Gasteiger partial charge in [-0.3, -0.25) is 0 Å². The molecule has 110 valence electrons. The van der Waals surface area contributed by atoms with E-state index in [0.29, 0.717) is 19.1 Å². The topological polar surface area (TPSA) is 15.3 Å². The van der Waals surface area contributed by atoms with E-state index in [-0.39, 0.29) is 12.8 Å². The van der Waals surface area contributed by atoms with Crippen molar-refractivity contribution in [2.45, 2.75) is 31.5 Å². The van der Waals surface area contributed by atoms with Gasteiger partial charge in [0.15, 0.2) is 0 Å². The van der Waals surface area contributed by atoms with Crippen LogP contribution in [0.25, 0.3) is 0 Å². The molecule has 0 amide bonds.